The third-order valence-corrected chi connectivity index (χ3v) is 8.10. The summed E-state index contributed by atoms with van der Waals surface area (Å²) in [7, 11) is 1.60. The zero-order chi connectivity index (χ0) is 29.2. The molecule has 216 valence electrons. The molecule has 0 aliphatic heterocycles. The number of hydrogen-bond acceptors (Lipinski definition) is 7. The molecule has 0 saturated heterocycles. The van der Waals surface area contributed by atoms with Crippen molar-refractivity contribution in [3.05, 3.63) is 28.5 Å². The van der Waals surface area contributed by atoms with Gasteiger partial charge in [-0.3, -0.25) is 9.59 Å². The third kappa shape index (κ3) is 7.47. The van der Waals surface area contributed by atoms with E-state index in [4.69, 9.17) is 0 Å². The van der Waals surface area contributed by atoms with Crippen LogP contribution in [0.1, 0.15) is 99.0 Å². The SMILES string of the molecule is CCCC(CC)N(C)C(=O)c1nc(C(=O)NCC(C)(C)O)sc1-c1cnc(NC2(C)CCC2)cc1C(F)(F)F. The van der Waals surface area contributed by atoms with Crippen LogP contribution in [0.4, 0.5) is 19.0 Å². The molecule has 0 bridgehead atoms. The van der Waals surface area contributed by atoms with Crippen LogP contribution in [-0.2, 0) is 6.18 Å². The molecule has 2 amide bonds. The quantitative estimate of drug-likeness (QED) is 0.319. The number of nitrogens with zero attached hydrogens (tertiary/aromatic N) is 3. The van der Waals surface area contributed by atoms with Crippen LogP contribution in [0.5, 0.6) is 0 Å². The van der Waals surface area contributed by atoms with Crippen molar-refractivity contribution in [1.29, 1.82) is 0 Å². The van der Waals surface area contributed by atoms with Gasteiger partial charge in [-0.2, -0.15) is 13.2 Å². The van der Waals surface area contributed by atoms with Crippen molar-refractivity contribution in [2.24, 2.45) is 0 Å². The Balaban J connectivity index is 2.11. The largest absolute Gasteiger partial charge is 0.417 e. The number of carbonyl (C=O) groups excluding carboxylic acids is 2. The molecule has 0 radical (unpaired) electrons. The molecular formula is C27H38F3N5O3S. The fourth-order valence-corrected chi connectivity index (χ4v) is 5.53. The number of amides is 2. The van der Waals surface area contributed by atoms with Crippen LogP contribution in [0.3, 0.4) is 0 Å². The maximum atomic E-state index is 14.4. The van der Waals surface area contributed by atoms with Gasteiger partial charge in [0.2, 0.25) is 0 Å². The lowest BCUT2D eigenvalue weighted by atomic mass is 9.78. The number of halogens is 3. The summed E-state index contributed by atoms with van der Waals surface area (Å²) in [4.78, 5) is 36.4. The number of aliphatic hydroxyl groups is 1. The number of aromatic nitrogens is 2. The number of nitrogens with one attached hydrogen (secondary N) is 2. The minimum Gasteiger partial charge on any atom is -0.389 e. The summed E-state index contributed by atoms with van der Waals surface area (Å²) >= 11 is 0.702. The molecule has 1 aliphatic carbocycles. The number of carbonyl (C=O) groups is 2. The van der Waals surface area contributed by atoms with Gasteiger partial charge in [0.15, 0.2) is 5.01 Å². The number of hydrogen-bond donors (Lipinski definition) is 3. The molecule has 3 rings (SSSR count). The van der Waals surface area contributed by atoms with Gasteiger partial charge in [0.25, 0.3) is 11.8 Å². The van der Waals surface area contributed by atoms with Gasteiger partial charge >= 0.3 is 6.18 Å². The fourth-order valence-electron chi connectivity index (χ4n) is 4.54. The molecule has 1 fully saturated rings. The predicted octanol–water partition coefficient (Wildman–Crippen LogP) is 5.73. The second kappa shape index (κ2) is 11.8. The summed E-state index contributed by atoms with van der Waals surface area (Å²) in [5.74, 6) is -1.16. The molecular weight excluding hydrogens is 531 g/mol. The zero-order valence-corrected chi connectivity index (χ0v) is 24.1. The number of anilines is 1. The molecule has 0 aromatic carbocycles. The topological polar surface area (TPSA) is 107 Å². The summed E-state index contributed by atoms with van der Waals surface area (Å²) in [6.07, 6.45) is 1.19. The standard InChI is InChI=1S/C27H38F3N5O3S/c1-7-10-16(8-2)35(6)24(37)20-21(39-23(33-20)22(36)32-15-25(3,4)38)17-14-31-19(13-18(17)27(28,29)30)34-26(5)11-9-12-26/h13-14,16,38H,7-12,15H2,1-6H3,(H,31,34)(H,32,36). The highest BCUT2D eigenvalue weighted by Gasteiger charge is 2.39. The van der Waals surface area contributed by atoms with Crippen molar-refractivity contribution in [3.8, 4) is 10.4 Å². The van der Waals surface area contributed by atoms with Crippen LogP contribution in [0.2, 0.25) is 0 Å². The van der Waals surface area contributed by atoms with Gasteiger partial charge in [0, 0.05) is 36.9 Å². The van der Waals surface area contributed by atoms with E-state index in [0.29, 0.717) is 24.2 Å². The van der Waals surface area contributed by atoms with Crippen LogP contribution in [0.15, 0.2) is 12.3 Å². The molecule has 3 N–H and O–H groups in total. The first-order valence-electron chi connectivity index (χ1n) is 13.2. The lowest BCUT2D eigenvalue weighted by Crippen LogP contribution is -2.41. The molecule has 2 heterocycles. The Morgan fingerprint density at radius 2 is 1.92 bits per heavy atom. The Kier molecular flexibility index (Phi) is 9.31. The summed E-state index contributed by atoms with van der Waals surface area (Å²) in [5.41, 5.74) is -3.04. The summed E-state index contributed by atoms with van der Waals surface area (Å²) in [6, 6.07) is 0.816. The van der Waals surface area contributed by atoms with E-state index in [1.165, 1.54) is 18.7 Å². The monoisotopic (exact) mass is 569 g/mol. The molecule has 1 atom stereocenters. The molecule has 1 aliphatic rings. The second-order valence-electron chi connectivity index (χ2n) is 11.1. The van der Waals surface area contributed by atoms with Crippen molar-refractivity contribution < 1.29 is 27.9 Å². The predicted molar refractivity (Wildman–Crippen MR) is 146 cm³/mol. The van der Waals surface area contributed by atoms with E-state index in [0.717, 1.165) is 37.9 Å². The Morgan fingerprint density at radius 1 is 1.26 bits per heavy atom. The zero-order valence-electron chi connectivity index (χ0n) is 23.3. The summed E-state index contributed by atoms with van der Waals surface area (Å²) < 4.78 is 43.1. The Bertz CT molecular complexity index is 1190. The Morgan fingerprint density at radius 3 is 2.44 bits per heavy atom. The van der Waals surface area contributed by atoms with E-state index >= 15 is 0 Å². The normalized spacial score (nSPS) is 15.8. The minimum atomic E-state index is -4.75. The molecule has 2 aromatic heterocycles. The lowest BCUT2D eigenvalue weighted by molar-refractivity contribution is -0.137. The van der Waals surface area contributed by atoms with E-state index in [2.05, 4.69) is 20.6 Å². The number of rotatable bonds is 11. The van der Waals surface area contributed by atoms with Crippen molar-refractivity contribution in [1.82, 2.24) is 20.2 Å². The summed E-state index contributed by atoms with van der Waals surface area (Å²) in [5, 5.41) is 15.4. The maximum Gasteiger partial charge on any atom is 0.417 e. The number of alkyl halides is 3. The highest BCUT2D eigenvalue weighted by Crippen LogP contribution is 2.43. The van der Waals surface area contributed by atoms with E-state index in [1.807, 2.05) is 20.8 Å². The van der Waals surface area contributed by atoms with E-state index in [-0.39, 0.29) is 45.1 Å². The Labute approximate surface area is 231 Å². The molecule has 1 saturated carbocycles. The molecule has 2 aromatic rings. The maximum absolute atomic E-state index is 14.4. The van der Waals surface area contributed by atoms with Gasteiger partial charge in [-0.15, -0.1) is 11.3 Å². The summed E-state index contributed by atoms with van der Waals surface area (Å²) in [6.45, 7) is 8.76. The van der Waals surface area contributed by atoms with E-state index in [9.17, 15) is 27.9 Å². The molecule has 8 nitrogen and oxygen atoms in total. The molecule has 1 unspecified atom stereocenters. The average Bonchev–Trinajstić information content (AvgIpc) is 3.28. The van der Waals surface area contributed by atoms with Crippen LogP contribution in [0, 0.1) is 0 Å². The van der Waals surface area contributed by atoms with E-state index in [1.54, 1.807) is 7.05 Å². The van der Waals surface area contributed by atoms with Gasteiger partial charge in [-0.05, 0) is 58.9 Å². The van der Waals surface area contributed by atoms with E-state index < -0.39 is 29.2 Å². The lowest BCUT2D eigenvalue weighted by Gasteiger charge is -2.39. The van der Waals surface area contributed by atoms with Crippen molar-refractivity contribution in [2.75, 3.05) is 18.9 Å². The van der Waals surface area contributed by atoms with Crippen molar-refractivity contribution >= 4 is 29.0 Å². The van der Waals surface area contributed by atoms with Crippen LogP contribution < -0.4 is 10.6 Å². The average molecular weight is 570 g/mol. The molecule has 39 heavy (non-hydrogen) atoms. The first-order valence-corrected chi connectivity index (χ1v) is 14.0. The van der Waals surface area contributed by atoms with Crippen molar-refractivity contribution in [3.63, 3.8) is 0 Å². The minimum absolute atomic E-state index is 0.0761. The first kappa shape index (κ1) is 30.8. The van der Waals surface area contributed by atoms with Gasteiger partial charge in [0.05, 0.1) is 16.0 Å². The van der Waals surface area contributed by atoms with Gasteiger partial charge < -0.3 is 20.6 Å². The van der Waals surface area contributed by atoms with Gasteiger partial charge in [0.1, 0.15) is 11.5 Å². The van der Waals surface area contributed by atoms with Crippen LogP contribution in [-0.4, -0.2) is 62.6 Å². The highest BCUT2D eigenvalue weighted by molar-refractivity contribution is 7.17. The molecule has 0 spiro atoms. The number of pyridine rings is 1. The van der Waals surface area contributed by atoms with Gasteiger partial charge in [-0.25, -0.2) is 9.97 Å². The highest BCUT2D eigenvalue weighted by atomic mass is 32.1. The Hall–Kier alpha value is -2.73. The van der Waals surface area contributed by atoms with Crippen molar-refractivity contribution in [2.45, 2.75) is 96.5 Å². The fraction of sp³-hybridized carbons (Fsp3) is 0.630. The smallest absolute Gasteiger partial charge is 0.389 e. The number of thiazole rings is 1. The second-order valence-corrected chi connectivity index (χ2v) is 12.1. The third-order valence-electron chi connectivity index (χ3n) is 7.01. The van der Waals surface area contributed by atoms with Gasteiger partial charge in [-0.1, -0.05) is 20.3 Å². The first-order chi connectivity index (χ1) is 18.1. The van der Waals surface area contributed by atoms with Crippen LogP contribution >= 0.6 is 11.3 Å². The molecule has 12 heteroatoms. The van der Waals surface area contributed by atoms with Crippen LogP contribution in [0.25, 0.3) is 10.4 Å².